The number of hydrogen-bond acceptors (Lipinski definition) is 6. The van der Waals surface area contributed by atoms with Gasteiger partial charge in [0.25, 0.3) is 5.91 Å². The van der Waals surface area contributed by atoms with Gasteiger partial charge in [-0.3, -0.25) is 9.59 Å². The lowest BCUT2D eigenvalue weighted by Gasteiger charge is -2.08. The zero-order valence-electron chi connectivity index (χ0n) is 12.2. The van der Waals surface area contributed by atoms with Crippen LogP contribution in [-0.2, 0) is 24.2 Å². The van der Waals surface area contributed by atoms with Crippen LogP contribution in [0.2, 0.25) is 0 Å². The normalized spacial score (nSPS) is 19.3. The van der Waals surface area contributed by atoms with E-state index in [0.717, 1.165) is 0 Å². The topological polar surface area (TPSA) is 89.5 Å². The zero-order chi connectivity index (χ0) is 16.9. The van der Waals surface area contributed by atoms with E-state index in [1.807, 2.05) is 0 Å². The smallest absolute Gasteiger partial charge is 0.316 e. The lowest BCUT2D eigenvalue weighted by molar-refractivity contribution is -0.144. The fourth-order valence-electron chi connectivity index (χ4n) is 2.00. The van der Waals surface area contributed by atoms with Crippen LogP contribution >= 0.6 is 11.8 Å². The quantitative estimate of drug-likeness (QED) is 0.767. The minimum absolute atomic E-state index is 0.00398. The van der Waals surface area contributed by atoms with Crippen LogP contribution in [0.3, 0.4) is 0 Å². The van der Waals surface area contributed by atoms with Crippen molar-refractivity contribution in [1.82, 2.24) is 0 Å². The molecule has 0 aliphatic carbocycles. The van der Waals surface area contributed by atoms with Crippen molar-refractivity contribution in [3.8, 4) is 0 Å². The van der Waals surface area contributed by atoms with E-state index >= 15 is 0 Å². The monoisotopic (exact) mass is 361 g/mol. The maximum absolute atomic E-state index is 12.7. The van der Waals surface area contributed by atoms with Crippen LogP contribution in [0.15, 0.2) is 24.3 Å². The molecule has 1 heterocycles. The summed E-state index contributed by atoms with van der Waals surface area (Å²) in [6.07, 6.45) is 0.533. The minimum Gasteiger partial charge on any atom is -0.455 e. The lowest BCUT2D eigenvalue weighted by Crippen LogP contribution is -2.22. The number of amides is 1. The first kappa shape index (κ1) is 17.7. The summed E-state index contributed by atoms with van der Waals surface area (Å²) in [6.45, 7) is -0.445. The second kappa shape index (κ2) is 7.78. The van der Waals surface area contributed by atoms with Gasteiger partial charge in [0.2, 0.25) is 0 Å². The van der Waals surface area contributed by atoms with Gasteiger partial charge >= 0.3 is 5.97 Å². The first-order valence-electron chi connectivity index (χ1n) is 6.87. The van der Waals surface area contributed by atoms with Crippen molar-refractivity contribution in [3.63, 3.8) is 0 Å². The number of sulfone groups is 1. The van der Waals surface area contributed by atoms with E-state index in [1.165, 1.54) is 36.0 Å². The van der Waals surface area contributed by atoms with E-state index in [1.54, 1.807) is 0 Å². The van der Waals surface area contributed by atoms with Gasteiger partial charge in [0.05, 0.1) is 17.3 Å². The highest BCUT2D eigenvalue weighted by atomic mass is 32.2. The molecule has 1 aromatic carbocycles. The van der Waals surface area contributed by atoms with Gasteiger partial charge < -0.3 is 10.1 Å². The second-order valence-corrected chi connectivity index (χ2v) is 8.57. The maximum Gasteiger partial charge on any atom is 0.316 e. The molecule has 1 saturated heterocycles. The molecule has 1 aromatic rings. The lowest BCUT2D eigenvalue weighted by atomic mass is 10.3. The summed E-state index contributed by atoms with van der Waals surface area (Å²) >= 11 is 1.22. The molecule has 1 amide bonds. The molecule has 1 aliphatic heterocycles. The fraction of sp³-hybridized carbons (Fsp3) is 0.429. The van der Waals surface area contributed by atoms with E-state index < -0.39 is 34.1 Å². The van der Waals surface area contributed by atoms with Gasteiger partial charge in [0.15, 0.2) is 16.4 Å². The van der Waals surface area contributed by atoms with Crippen molar-refractivity contribution in [2.45, 2.75) is 11.7 Å². The third-order valence-corrected chi connectivity index (χ3v) is 6.37. The van der Waals surface area contributed by atoms with Gasteiger partial charge in [0, 0.05) is 10.9 Å². The third kappa shape index (κ3) is 6.19. The van der Waals surface area contributed by atoms with Gasteiger partial charge in [-0.2, -0.15) is 0 Å². The number of thioether (sulfide) groups is 1. The molecular weight excluding hydrogens is 345 g/mol. The third-order valence-electron chi connectivity index (χ3n) is 3.12. The summed E-state index contributed by atoms with van der Waals surface area (Å²) in [7, 11) is -2.97. The number of rotatable bonds is 6. The summed E-state index contributed by atoms with van der Waals surface area (Å²) in [4.78, 5) is 23.1. The van der Waals surface area contributed by atoms with Crippen molar-refractivity contribution in [2.75, 3.05) is 29.2 Å². The second-order valence-electron chi connectivity index (χ2n) is 5.05. The van der Waals surface area contributed by atoms with Crippen molar-refractivity contribution in [2.24, 2.45) is 0 Å². The van der Waals surface area contributed by atoms with Crippen molar-refractivity contribution in [1.29, 1.82) is 0 Å². The summed E-state index contributed by atoms with van der Waals surface area (Å²) in [6, 6.07) is 5.19. The first-order valence-corrected chi connectivity index (χ1v) is 9.74. The molecule has 0 spiro atoms. The number of carbonyl (C=O) groups excluding carboxylic acids is 2. The highest BCUT2D eigenvalue weighted by Crippen LogP contribution is 2.24. The van der Waals surface area contributed by atoms with E-state index in [-0.39, 0.29) is 22.5 Å². The number of ether oxygens (including phenoxy) is 1. The van der Waals surface area contributed by atoms with Crippen LogP contribution in [-0.4, -0.2) is 49.4 Å². The number of anilines is 1. The molecule has 1 N–H and O–H groups in total. The molecule has 0 bridgehead atoms. The Morgan fingerprint density at radius 3 is 2.61 bits per heavy atom. The molecule has 126 valence electrons. The predicted molar refractivity (Wildman–Crippen MR) is 85.5 cm³/mol. The Kier molecular flexibility index (Phi) is 6.00. The summed E-state index contributed by atoms with van der Waals surface area (Å²) in [5.41, 5.74) is 0.401. The SMILES string of the molecule is O=C(COC(=O)CS[C@@H]1CCS(=O)(=O)C1)Nc1ccc(F)cc1. The van der Waals surface area contributed by atoms with Gasteiger partial charge in [-0.15, -0.1) is 11.8 Å². The van der Waals surface area contributed by atoms with Crippen LogP contribution in [0.5, 0.6) is 0 Å². The molecule has 9 heteroatoms. The summed E-state index contributed by atoms with van der Waals surface area (Å²) < 4.78 is 40.1. The molecule has 2 rings (SSSR count). The van der Waals surface area contributed by atoms with E-state index in [4.69, 9.17) is 4.74 Å². The van der Waals surface area contributed by atoms with Gasteiger partial charge in [-0.25, -0.2) is 12.8 Å². The Labute approximate surface area is 137 Å². The standard InChI is InChI=1S/C14H16FNO5S2/c15-10-1-3-11(4-2-10)16-13(17)7-21-14(18)8-22-12-5-6-23(19,20)9-12/h1-4,12H,5-9H2,(H,16,17)/t12-/m1/s1. The van der Waals surface area contributed by atoms with E-state index in [9.17, 15) is 22.4 Å². The summed E-state index contributed by atoms with van der Waals surface area (Å²) in [5.74, 6) is -1.29. The van der Waals surface area contributed by atoms with Crippen LogP contribution in [0.1, 0.15) is 6.42 Å². The Balaban J connectivity index is 1.66. The average Bonchev–Trinajstić information content (AvgIpc) is 2.85. The number of halogens is 1. The Morgan fingerprint density at radius 1 is 1.30 bits per heavy atom. The van der Waals surface area contributed by atoms with E-state index in [0.29, 0.717) is 12.1 Å². The maximum atomic E-state index is 12.7. The molecule has 0 radical (unpaired) electrons. The Bertz CT molecular complexity index is 675. The predicted octanol–water partition coefficient (Wildman–Crippen LogP) is 1.23. The molecule has 23 heavy (non-hydrogen) atoms. The van der Waals surface area contributed by atoms with Crippen LogP contribution in [0.4, 0.5) is 10.1 Å². The van der Waals surface area contributed by atoms with Crippen molar-refractivity contribution in [3.05, 3.63) is 30.1 Å². The number of esters is 1. The molecular formula is C14H16FNO5S2. The number of benzene rings is 1. The van der Waals surface area contributed by atoms with Crippen LogP contribution < -0.4 is 5.32 Å². The highest BCUT2D eigenvalue weighted by Gasteiger charge is 2.28. The van der Waals surface area contributed by atoms with Crippen LogP contribution in [0, 0.1) is 5.82 Å². The van der Waals surface area contributed by atoms with Gasteiger partial charge in [0.1, 0.15) is 5.82 Å². The Hall–Kier alpha value is -1.61. The molecule has 0 aromatic heterocycles. The number of hydrogen-bond donors (Lipinski definition) is 1. The molecule has 1 fully saturated rings. The molecule has 6 nitrogen and oxygen atoms in total. The van der Waals surface area contributed by atoms with Gasteiger partial charge in [-0.05, 0) is 30.7 Å². The van der Waals surface area contributed by atoms with Crippen LogP contribution in [0.25, 0.3) is 0 Å². The molecule has 1 aliphatic rings. The zero-order valence-corrected chi connectivity index (χ0v) is 13.8. The molecule has 0 saturated carbocycles. The van der Waals surface area contributed by atoms with Gasteiger partial charge in [-0.1, -0.05) is 0 Å². The Morgan fingerprint density at radius 2 is 2.00 bits per heavy atom. The van der Waals surface area contributed by atoms with Crippen molar-refractivity contribution < 1.29 is 27.1 Å². The molecule has 1 atom stereocenters. The van der Waals surface area contributed by atoms with Crippen molar-refractivity contribution >= 4 is 39.2 Å². The number of carbonyl (C=O) groups is 2. The largest absolute Gasteiger partial charge is 0.455 e. The fourth-order valence-corrected chi connectivity index (χ4v) is 5.44. The number of nitrogens with one attached hydrogen (secondary N) is 1. The first-order chi connectivity index (χ1) is 10.8. The summed E-state index contributed by atoms with van der Waals surface area (Å²) in [5, 5.41) is 2.37. The van der Waals surface area contributed by atoms with E-state index in [2.05, 4.69) is 5.32 Å². The molecule has 0 unspecified atom stereocenters. The minimum atomic E-state index is -2.97. The highest BCUT2D eigenvalue weighted by molar-refractivity contribution is 8.02. The average molecular weight is 361 g/mol.